The van der Waals surface area contributed by atoms with Crippen molar-refractivity contribution < 1.29 is 13.2 Å². The van der Waals surface area contributed by atoms with Gasteiger partial charge in [0.1, 0.15) is 4.90 Å². The highest BCUT2D eigenvalue weighted by Gasteiger charge is 2.32. The van der Waals surface area contributed by atoms with E-state index in [1.807, 2.05) is 19.1 Å². The van der Waals surface area contributed by atoms with Crippen molar-refractivity contribution in [3.63, 3.8) is 0 Å². The van der Waals surface area contributed by atoms with Gasteiger partial charge < -0.3 is 10.2 Å². The Morgan fingerprint density at radius 1 is 1.18 bits per heavy atom. The van der Waals surface area contributed by atoms with Crippen LogP contribution in [0.3, 0.4) is 0 Å². The minimum absolute atomic E-state index is 0.0234. The van der Waals surface area contributed by atoms with Crippen LogP contribution in [0, 0.1) is 0 Å². The van der Waals surface area contributed by atoms with Gasteiger partial charge in [0.15, 0.2) is 0 Å². The Kier molecular flexibility index (Phi) is 6.44. The molecular weight excluding hydrogens is 423 g/mol. The average Bonchev–Trinajstić information content (AvgIpc) is 2.70. The van der Waals surface area contributed by atoms with Gasteiger partial charge in [-0.1, -0.05) is 29.3 Å². The van der Waals surface area contributed by atoms with Crippen LogP contribution in [0.2, 0.25) is 10.0 Å². The zero-order valence-electron chi connectivity index (χ0n) is 15.2. The SMILES string of the molecule is C[C@H](NC(=O)N1CCN(S(=O)(=O)c2cc(Cl)ccc2Cl)CC1)c1cccnc1. The summed E-state index contributed by atoms with van der Waals surface area (Å²) in [5, 5.41) is 3.33. The van der Waals surface area contributed by atoms with Gasteiger partial charge in [-0.25, -0.2) is 13.2 Å². The number of carbonyl (C=O) groups excluding carboxylic acids is 1. The third-order valence-electron chi connectivity index (χ3n) is 4.56. The first-order chi connectivity index (χ1) is 13.3. The van der Waals surface area contributed by atoms with E-state index < -0.39 is 10.0 Å². The Bertz CT molecular complexity index is 949. The van der Waals surface area contributed by atoms with Gasteiger partial charge in [0, 0.05) is 43.6 Å². The molecule has 0 aliphatic carbocycles. The Hall–Kier alpha value is -1.87. The van der Waals surface area contributed by atoms with Crippen molar-refractivity contribution in [3.05, 3.63) is 58.3 Å². The number of pyridine rings is 1. The number of sulfonamides is 1. The standard InChI is InChI=1S/C18H20Cl2N4O3S/c1-13(14-3-2-6-21-12-14)22-18(25)23-7-9-24(10-8-23)28(26,27)17-11-15(19)4-5-16(17)20/h2-6,11-13H,7-10H2,1H3,(H,22,25)/t13-/m0/s1. The lowest BCUT2D eigenvalue weighted by Gasteiger charge is -2.34. The number of amides is 2. The lowest BCUT2D eigenvalue weighted by atomic mass is 10.1. The first-order valence-electron chi connectivity index (χ1n) is 8.69. The molecule has 0 spiro atoms. The number of rotatable bonds is 4. The fourth-order valence-corrected chi connectivity index (χ4v) is 5.10. The second-order valence-corrected chi connectivity index (χ2v) is 9.17. The molecule has 1 aliphatic heterocycles. The summed E-state index contributed by atoms with van der Waals surface area (Å²) < 4.78 is 27.0. The number of carbonyl (C=O) groups is 1. The highest BCUT2D eigenvalue weighted by molar-refractivity contribution is 7.89. The molecule has 2 aromatic rings. The van der Waals surface area contributed by atoms with Crippen LogP contribution in [0.5, 0.6) is 0 Å². The second-order valence-electron chi connectivity index (χ2n) is 6.42. The van der Waals surface area contributed by atoms with Crippen molar-refractivity contribution in [1.82, 2.24) is 19.5 Å². The van der Waals surface area contributed by atoms with Crippen LogP contribution in [0.25, 0.3) is 0 Å². The fourth-order valence-electron chi connectivity index (χ4n) is 2.94. The van der Waals surface area contributed by atoms with E-state index in [9.17, 15) is 13.2 Å². The number of halogens is 2. The Morgan fingerprint density at radius 3 is 2.54 bits per heavy atom. The summed E-state index contributed by atoms with van der Waals surface area (Å²) in [7, 11) is -3.78. The van der Waals surface area contributed by atoms with Crippen molar-refractivity contribution in [2.75, 3.05) is 26.2 Å². The van der Waals surface area contributed by atoms with Gasteiger partial charge in [-0.15, -0.1) is 0 Å². The first-order valence-corrected chi connectivity index (χ1v) is 10.9. The van der Waals surface area contributed by atoms with E-state index in [-0.39, 0.29) is 48.2 Å². The lowest BCUT2D eigenvalue weighted by molar-refractivity contribution is 0.169. The van der Waals surface area contributed by atoms with Crippen LogP contribution in [0.4, 0.5) is 4.79 Å². The van der Waals surface area contributed by atoms with Gasteiger partial charge >= 0.3 is 6.03 Å². The van der Waals surface area contributed by atoms with E-state index in [0.717, 1.165) is 5.56 Å². The van der Waals surface area contributed by atoms with Crippen LogP contribution in [0.1, 0.15) is 18.5 Å². The summed E-state index contributed by atoms with van der Waals surface area (Å²) in [6.45, 7) is 2.79. The predicted octanol–water partition coefficient (Wildman–Crippen LogP) is 3.17. The molecule has 0 radical (unpaired) electrons. The monoisotopic (exact) mass is 442 g/mol. The Labute approximate surface area is 174 Å². The molecule has 1 fully saturated rings. The molecule has 1 aromatic heterocycles. The molecule has 7 nitrogen and oxygen atoms in total. The van der Waals surface area contributed by atoms with Gasteiger partial charge in [-0.05, 0) is 36.8 Å². The van der Waals surface area contributed by atoms with E-state index in [1.54, 1.807) is 17.3 Å². The van der Waals surface area contributed by atoms with E-state index in [0.29, 0.717) is 5.02 Å². The van der Waals surface area contributed by atoms with Crippen molar-refractivity contribution in [3.8, 4) is 0 Å². The molecule has 10 heteroatoms. The molecule has 150 valence electrons. The van der Waals surface area contributed by atoms with Gasteiger partial charge in [-0.2, -0.15) is 4.31 Å². The van der Waals surface area contributed by atoms with Gasteiger partial charge in [0.25, 0.3) is 0 Å². The number of nitrogens with zero attached hydrogens (tertiary/aromatic N) is 3. The van der Waals surface area contributed by atoms with E-state index in [4.69, 9.17) is 23.2 Å². The summed E-state index contributed by atoms with van der Waals surface area (Å²) in [5.74, 6) is 0. The molecular formula is C18H20Cl2N4O3S. The van der Waals surface area contributed by atoms with Crippen LogP contribution in [-0.2, 0) is 10.0 Å². The van der Waals surface area contributed by atoms with Gasteiger partial charge in [-0.3, -0.25) is 4.98 Å². The largest absolute Gasteiger partial charge is 0.331 e. The van der Waals surface area contributed by atoms with Crippen LogP contribution >= 0.6 is 23.2 Å². The first kappa shape index (κ1) is 20.9. The molecule has 1 saturated heterocycles. The minimum atomic E-state index is -3.78. The maximum atomic E-state index is 12.9. The highest BCUT2D eigenvalue weighted by Crippen LogP contribution is 2.28. The van der Waals surface area contributed by atoms with Gasteiger partial charge in [0.05, 0.1) is 11.1 Å². The van der Waals surface area contributed by atoms with Crippen LogP contribution < -0.4 is 5.32 Å². The number of nitrogens with one attached hydrogen (secondary N) is 1. The van der Waals surface area contributed by atoms with E-state index in [2.05, 4.69) is 10.3 Å². The van der Waals surface area contributed by atoms with E-state index >= 15 is 0 Å². The zero-order chi connectivity index (χ0) is 20.3. The smallest absolute Gasteiger partial charge is 0.317 e. The van der Waals surface area contributed by atoms with E-state index in [1.165, 1.54) is 22.5 Å². The third kappa shape index (κ3) is 4.57. The highest BCUT2D eigenvalue weighted by atomic mass is 35.5. The topological polar surface area (TPSA) is 82.6 Å². The molecule has 2 heterocycles. The van der Waals surface area contributed by atoms with Crippen molar-refractivity contribution in [2.45, 2.75) is 17.9 Å². The Balaban J connectivity index is 1.62. The van der Waals surface area contributed by atoms with Gasteiger partial charge in [0.2, 0.25) is 10.0 Å². The molecule has 0 bridgehead atoms. The number of hydrogen-bond donors (Lipinski definition) is 1. The molecule has 3 rings (SSSR count). The molecule has 1 atom stereocenters. The molecule has 0 saturated carbocycles. The number of aromatic nitrogens is 1. The molecule has 0 unspecified atom stereocenters. The predicted molar refractivity (Wildman–Crippen MR) is 108 cm³/mol. The molecule has 1 N–H and O–H groups in total. The summed E-state index contributed by atoms with van der Waals surface area (Å²) in [5.41, 5.74) is 0.896. The molecule has 28 heavy (non-hydrogen) atoms. The molecule has 1 aliphatic rings. The summed E-state index contributed by atoms with van der Waals surface area (Å²) in [4.78, 5) is 18.1. The summed E-state index contributed by atoms with van der Waals surface area (Å²) in [6, 6.07) is 7.59. The minimum Gasteiger partial charge on any atom is -0.331 e. The zero-order valence-corrected chi connectivity index (χ0v) is 17.5. The van der Waals surface area contributed by atoms with Crippen molar-refractivity contribution >= 4 is 39.3 Å². The number of hydrogen-bond acceptors (Lipinski definition) is 4. The van der Waals surface area contributed by atoms with Crippen molar-refractivity contribution in [2.24, 2.45) is 0 Å². The maximum absolute atomic E-state index is 12.9. The number of piperazine rings is 1. The van der Waals surface area contributed by atoms with Crippen molar-refractivity contribution in [1.29, 1.82) is 0 Å². The quantitative estimate of drug-likeness (QED) is 0.787. The number of urea groups is 1. The maximum Gasteiger partial charge on any atom is 0.317 e. The second kappa shape index (κ2) is 8.65. The lowest BCUT2D eigenvalue weighted by Crippen LogP contribution is -2.53. The summed E-state index contributed by atoms with van der Waals surface area (Å²) >= 11 is 12.0. The molecule has 2 amide bonds. The molecule has 1 aromatic carbocycles. The van der Waals surface area contributed by atoms with Crippen LogP contribution in [-0.4, -0.2) is 54.8 Å². The Morgan fingerprint density at radius 2 is 1.89 bits per heavy atom. The fraction of sp³-hybridized carbons (Fsp3) is 0.333. The van der Waals surface area contributed by atoms with Crippen LogP contribution in [0.15, 0.2) is 47.6 Å². The summed E-state index contributed by atoms with van der Waals surface area (Å²) in [6.07, 6.45) is 3.37. The normalized spacial score (nSPS) is 16.6. The third-order valence-corrected chi connectivity index (χ3v) is 7.18. The average molecular weight is 443 g/mol. The number of benzene rings is 1.